The second kappa shape index (κ2) is 5.84. The number of nitrogens with one attached hydrogen (secondary N) is 1. The van der Waals surface area contributed by atoms with E-state index in [1.54, 1.807) is 10.9 Å². The summed E-state index contributed by atoms with van der Waals surface area (Å²) in [7, 11) is 0. The molecule has 2 aromatic rings. The van der Waals surface area contributed by atoms with E-state index in [1.165, 1.54) is 37.0 Å². The van der Waals surface area contributed by atoms with Crippen molar-refractivity contribution < 1.29 is 0 Å². The molecule has 5 heteroatoms. The molecule has 3 rings (SSSR count). The summed E-state index contributed by atoms with van der Waals surface area (Å²) in [6.45, 7) is 2.63. The molecule has 0 atom stereocenters. The molecule has 2 aromatic heterocycles. The van der Waals surface area contributed by atoms with Crippen LogP contribution in [0, 0.1) is 5.92 Å². The van der Waals surface area contributed by atoms with Crippen molar-refractivity contribution in [3.05, 3.63) is 28.1 Å². The Bertz CT molecular complexity index is 598. The van der Waals surface area contributed by atoms with Crippen LogP contribution in [0.4, 0.5) is 0 Å². The van der Waals surface area contributed by atoms with E-state index in [-0.39, 0.29) is 5.56 Å². The summed E-state index contributed by atoms with van der Waals surface area (Å²) in [4.78, 5) is 16.4. The third kappa shape index (κ3) is 2.87. The van der Waals surface area contributed by atoms with E-state index in [4.69, 9.17) is 0 Å². The lowest BCUT2D eigenvalue weighted by Crippen LogP contribution is -2.29. The smallest absolute Gasteiger partial charge is 0.271 e. The first-order chi connectivity index (χ1) is 9.34. The van der Waals surface area contributed by atoms with E-state index in [9.17, 15) is 4.79 Å². The van der Waals surface area contributed by atoms with Crippen LogP contribution in [0.1, 0.15) is 25.7 Å². The van der Waals surface area contributed by atoms with Crippen molar-refractivity contribution in [1.82, 2.24) is 14.9 Å². The maximum absolute atomic E-state index is 12.1. The lowest BCUT2D eigenvalue weighted by atomic mass is 10.1. The zero-order valence-electron chi connectivity index (χ0n) is 11.0. The average Bonchev–Trinajstić information content (AvgIpc) is 3.08. The quantitative estimate of drug-likeness (QED) is 0.853. The molecule has 1 saturated carbocycles. The van der Waals surface area contributed by atoms with Gasteiger partial charge in [0.25, 0.3) is 5.56 Å². The number of hydrogen-bond donors (Lipinski definition) is 1. The molecular weight excluding hydrogens is 258 g/mol. The van der Waals surface area contributed by atoms with E-state index in [0.29, 0.717) is 6.54 Å². The maximum Gasteiger partial charge on any atom is 0.271 e. The predicted octanol–water partition coefficient (Wildman–Crippen LogP) is 2.24. The summed E-state index contributed by atoms with van der Waals surface area (Å²) in [5.41, 5.74) is 0.896. The molecule has 0 aromatic carbocycles. The third-order valence-electron chi connectivity index (χ3n) is 3.87. The van der Waals surface area contributed by atoms with Crippen LogP contribution in [0.25, 0.3) is 10.2 Å². The number of rotatable bonds is 5. The molecule has 1 N–H and O–H groups in total. The van der Waals surface area contributed by atoms with Crippen LogP contribution in [-0.2, 0) is 6.54 Å². The highest BCUT2D eigenvalue weighted by Crippen LogP contribution is 2.23. The normalized spacial score (nSPS) is 16.4. The van der Waals surface area contributed by atoms with Gasteiger partial charge in [-0.25, -0.2) is 4.98 Å². The van der Waals surface area contributed by atoms with Crippen molar-refractivity contribution >= 4 is 21.6 Å². The van der Waals surface area contributed by atoms with Crippen LogP contribution >= 0.6 is 11.3 Å². The fourth-order valence-electron chi connectivity index (χ4n) is 2.76. The molecule has 0 bridgehead atoms. The summed E-state index contributed by atoms with van der Waals surface area (Å²) in [6.07, 6.45) is 7.13. The highest BCUT2D eigenvalue weighted by atomic mass is 32.1. The first-order valence-electron chi connectivity index (χ1n) is 6.98. The van der Waals surface area contributed by atoms with Gasteiger partial charge in [0, 0.05) is 13.1 Å². The van der Waals surface area contributed by atoms with Crippen molar-refractivity contribution in [3.63, 3.8) is 0 Å². The molecular formula is C14H19N3OS. The van der Waals surface area contributed by atoms with Gasteiger partial charge in [-0.15, -0.1) is 11.3 Å². The minimum atomic E-state index is 0.0858. The van der Waals surface area contributed by atoms with Gasteiger partial charge < -0.3 is 5.32 Å². The second-order valence-corrected chi connectivity index (χ2v) is 6.15. The minimum Gasteiger partial charge on any atom is -0.315 e. The van der Waals surface area contributed by atoms with Crippen LogP contribution in [0.5, 0.6) is 0 Å². The number of thiophene rings is 1. The van der Waals surface area contributed by atoms with Crippen LogP contribution < -0.4 is 10.9 Å². The predicted molar refractivity (Wildman–Crippen MR) is 78.7 cm³/mol. The van der Waals surface area contributed by atoms with E-state index in [1.807, 2.05) is 11.4 Å². The van der Waals surface area contributed by atoms with E-state index < -0.39 is 0 Å². The van der Waals surface area contributed by atoms with Gasteiger partial charge in [-0.1, -0.05) is 12.8 Å². The van der Waals surface area contributed by atoms with Crippen molar-refractivity contribution in [2.45, 2.75) is 32.2 Å². The minimum absolute atomic E-state index is 0.0858. The third-order valence-corrected chi connectivity index (χ3v) is 4.76. The van der Waals surface area contributed by atoms with Crippen LogP contribution in [0.2, 0.25) is 0 Å². The molecule has 1 aliphatic carbocycles. The Hall–Kier alpha value is -1.20. The van der Waals surface area contributed by atoms with Crippen LogP contribution in [0.15, 0.2) is 22.6 Å². The molecule has 0 radical (unpaired) electrons. The molecule has 0 unspecified atom stereocenters. The standard InChI is InChI=1S/C14H19N3OS/c18-14-13-12(5-8-19-13)16-10-17(14)7-6-15-9-11-3-1-2-4-11/h5,8,10-11,15H,1-4,6-7,9H2. The Morgan fingerprint density at radius 3 is 3.11 bits per heavy atom. The molecule has 2 heterocycles. The molecule has 1 fully saturated rings. The van der Waals surface area contributed by atoms with Gasteiger partial charge in [-0.05, 0) is 36.8 Å². The zero-order valence-corrected chi connectivity index (χ0v) is 11.8. The van der Waals surface area contributed by atoms with Crippen LogP contribution in [0.3, 0.4) is 0 Å². The maximum atomic E-state index is 12.1. The molecule has 0 aliphatic heterocycles. The number of hydrogen-bond acceptors (Lipinski definition) is 4. The molecule has 0 saturated heterocycles. The highest BCUT2D eigenvalue weighted by Gasteiger charge is 2.13. The highest BCUT2D eigenvalue weighted by molar-refractivity contribution is 7.17. The van der Waals surface area contributed by atoms with Crippen LogP contribution in [-0.4, -0.2) is 22.6 Å². The number of nitrogens with zero attached hydrogens (tertiary/aromatic N) is 2. The van der Waals surface area contributed by atoms with Gasteiger partial charge in [0.15, 0.2) is 0 Å². The van der Waals surface area contributed by atoms with E-state index >= 15 is 0 Å². The Morgan fingerprint density at radius 2 is 2.26 bits per heavy atom. The molecule has 0 spiro atoms. The Balaban J connectivity index is 1.56. The van der Waals surface area contributed by atoms with Crippen molar-refractivity contribution in [2.24, 2.45) is 5.92 Å². The molecule has 0 amide bonds. The second-order valence-electron chi connectivity index (χ2n) is 5.23. The zero-order chi connectivity index (χ0) is 13.1. The Labute approximate surface area is 116 Å². The van der Waals surface area contributed by atoms with Gasteiger partial charge in [-0.3, -0.25) is 9.36 Å². The average molecular weight is 277 g/mol. The monoisotopic (exact) mass is 277 g/mol. The first-order valence-corrected chi connectivity index (χ1v) is 7.86. The fourth-order valence-corrected chi connectivity index (χ4v) is 3.55. The van der Waals surface area contributed by atoms with Gasteiger partial charge >= 0.3 is 0 Å². The van der Waals surface area contributed by atoms with Crippen molar-refractivity contribution in [1.29, 1.82) is 0 Å². The summed E-state index contributed by atoms with van der Waals surface area (Å²) in [5.74, 6) is 0.842. The van der Waals surface area contributed by atoms with Gasteiger partial charge in [0.2, 0.25) is 0 Å². The lowest BCUT2D eigenvalue weighted by molar-refractivity contribution is 0.473. The summed E-state index contributed by atoms with van der Waals surface area (Å²) < 4.78 is 2.47. The molecule has 1 aliphatic rings. The summed E-state index contributed by atoms with van der Waals surface area (Å²) in [5, 5.41) is 5.38. The largest absolute Gasteiger partial charge is 0.315 e. The Kier molecular flexibility index (Phi) is 3.94. The first kappa shape index (κ1) is 12.8. The summed E-state index contributed by atoms with van der Waals surface area (Å²) >= 11 is 1.47. The van der Waals surface area contributed by atoms with Crippen molar-refractivity contribution in [2.75, 3.05) is 13.1 Å². The number of fused-ring (bicyclic) bond motifs is 1. The molecule has 4 nitrogen and oxygen atoms in total. The van der Waals surface area contributed by atoms with Gasteiger partial charge in [0.05, 0.1) is 11.8 Å². The fraction of sp³-hybridized carbons (Fsp3) is 0.571. The lowest BCUT2D eigenvalue weighted by Gasteiger charge is -2.11. The number of aromatic nitrogens is 2. The van der Waals surface area contributed by atoms with Crippen molar-refractivity contribution in [3.8, 4) is 0 Å². The van der Waals surface area contributed by atoms with E-state index in [2.05, 4.69) is 10.3 Å². The molecule has 102 valence electrons. The topological polar surface area (TPSA) is 46.9 Å². The van der Waals surface area contributed by atoms with E-state index in [0.717, 1.165) is 29.2 Å². The molecule has 19 heavy (non-hydrogen) atoms. The Morgan fingerprint density at radius 1 is 1.42 bits per heavy atom. The van der Waals surface area contributed by atoms with Gasteiger partial charge in [-0.2, -0.15) is 0 Å². The summed E-state index contributed by atoms with van der Waals surface area (Å²) in [6, 6.07) is 1.89. The SMILES string of the molecule is O=c1c2sccc2ncn1CCNCC1CCCC1. The van der Waals surface area contributed by atoms with Gasteiger partial charge in [0.1, 0.15) is 4.70 Å².